The smallest absolute Gasteiger partial charge is 0.135 e. The van der Waals surface area contributed by atoms with Crippen molar-refractivity contribution in [2.75, 3.05) is 0 Å². The summed E-state index contributed by atoms with van der Waals surface area (Å²) >= 11 is 1.49. The number of amidine groups is 1. The number of aryl methyl sites for hydroxylation is 1. The van der Waals surface area contributed by atoms with Crippen LogP contribution < -0.4 is 5.73 Å². The lowest BCUT2D eigenvalue weighted by molar-refractivity contribution is 0.570. The van der Waals surface area contributed by atoms with Gasteiger partial charge in [0.25, 0.3) is 0 Å². The van der Waals surface area contributed by atoms with Gasteiger partial charge >= 0.3 is 0 Å². The minimum atomic E-state index is -0.0359. The number of hydrogen-bond acceptors (Lipinski definition) is 3. The van der Waals surface area contributed by atoms with Gasteiger partial charge in [-0.3, -0.25) is 5.41 Å². The third-order valence-corrected chi connectivity index (χ3v) is 2.69. The topological polar surface area (TPSA) is 62.8 Å². The second-order valence-corrected chi connectivity index (χ2v) is 5.28. The molecule has 72 valence electrons. The molecule has 0 radical (unpaired) electrons. The van der Waals surface area contributed by atoms with Crippen molar-refractivity contribution in [3.63, 3.8) is 0 Å². The number of nitrogens with two attached hydrogens (primary N) is 1. The molecule has 0 aliphatic rings. The van der Waals surface area contributed by atoms with Crippen LogP contribution in [0.5, 0.6) is 0 Å². The summed E-state index contributed by atoms with van der Waals surface area (Å²) in [4.78, 5) is 5.21. The molecule has 0 aromatic carbocycles. The molecule has 0 atom stereocenters. The van der Waals surface area contributed by atoms with Gasteiger partial charge in [0.15, 0.2) is 0 Å². The molecule has 3 nitrogen and oxygen atoms in total. The molecule has 3 N–H and O–H groups in total. The Balaban J connectivity index is 3.28. The summed E-state index contributed by atoms with van der Waals surface area (Å²) in [5.41, 5.74) is 6.38. The molecule has 0 saturated carbocycles. The van der Waals surface area contributed by atoms with Crippen LogP contribution in [-0.4, -0.2) is 10.8 Å². The largest absolute Gasteiger partial charge is 0.383 e. The van der Waals surface area contributed by atoms with E-state index in [9.17, 15) is 0 Å². The maximum Gasteiger partial charge on any atom is 0.135 e. The highest BCUT2D eigenvalue weighted by molar-refractivity contribution is 7.13. The van der Waals surface area contributed by atoms with E-state index in [0.717, 1.165) is 15.6 Å². The molecule has 0 bridgehead atoms. The van der Waals surface area contributed by atoms with Crippen molar-refractivity contribution in [1.82, 2.24) is 4.98 Å². The molecular formula is C9H15N3S. The van der Waals surface area contributed by atoms with E-state index in [-0.39, 0.29) is 11.3 Å². The Morgan fingerprint density at radius 1 is 1.46 bits per heavy atom. The van der Waals surface area contributed by atoms with Crippen LogP contribution in [0.15, 0.2) is 0 Å². The molecule has 1 aromatic rings. The lowest BCUT2D eigenvalue weighted by Crippen LogP contribution is -2.19. The Kier molecular flexibility index (Phi) is 2.43. The first-order valence-corrected chi connectivity index (χ1v) is 4.96. The number of rotatable bonds is 1. The number of nitrogens with zero attached hydrogens (tertiary/aromatic N) is 1. The summed E-state index contributed by atoms with van der Waals surface area (Å²) in [6.07, 6.45) is 0. The zero-order valence-corrected chi connectivity index (χ0v) is 9.25. The van der Waals surface area contributed by atoms with E-state index in [1.54, 1.807) is 0 Å². The standard InChI is InChI=1S/C9H15N3S/c1-5-12-7(9(2,3)4)6(13-5)8(10)11/h1-4H3,(H3,10,11). The van der Waals surface area contributed by atoms with Crippen LogP contribution in [0.4, 0.5) is 0 Å². The van der Waals surface area contributed by atoms with E-state index in [0.29, 0.717) is 0 Å². The Morgan fingerprint density at radius 2 is 2.00 bits per heavy atom. The van der Waals surface area contributed by atoms with Gasteiger partial charge in [-0.05, 0) is 6.92 Å². The van der Waals surface area contributed by atoms with Gasteiger partial charge in [0, 0.05) is 5.41 Å². The Bertz CT molecular complexity index is 333. The molecule has 1 rings (SSSR count). The molecule has 1 heterocycles. The number of nitrogens with one attached hydrogen (secondary N) is 1. The molecule has 0 aliphatic carbocycles. The molecule has 0 unspecified atom stereocenters. The van der Waals surface area contributed by atoms with Gasteiger partial charge in [0.2, 0.25) is 0 Å². The summed E-state index contributed by atoms with van der Waals surface area (Å²) < 4.78 is 0. The lowest BCUT2D eigenvalue weighted by Gasteiger charge is -2.16. The molecule has 13 heavy (non-hydrogen) atoms. The van der Waals surface area contributed by atoms with Gasteiger partial charge in [-0.2, -0.15) is 0 Å². The lowest BCUT2D eigenvalue weighted by atomic mass is 9.91. The van der Waals surface area contributed by atoms with Crippen molar-refractivity contribution in [2.45, 2.75) is 33.1 Å². The normalized spacial score (nSPS) is 11.7. The van der Waals surface area contributed by atoms with Crippen LogP contribution in [0.2, 0.25) is 0 Å². The average Bonchev–Trinajstić information content (AvgIpc) is 2.29. The van der Waals surface area contributed by atoms with Gasteiger partial charge in [-0.25, -0.2) is 4.98 Å². The molecule has 0 aliphatic heterocycles. The highest BCUT2D eigenvalue weighted by atomic mass is 32.1. The van der Waals surface area contributed by atoms with Gasteiger partial charge in [-0.1, -0.05) is 20.8 Å². The number of aromatic nitrogens is 1. The first-order valence-electron chi connectivity index (χ1n) is 4.14. The fraction of sp³-hybridized carbons (Fsp3) is 0.556. The fourth-order valence-electron chi connectivity index (χ4n) is 1.12. The zero-order valence-electron chi connectivity index (χ0n) is 8.43. The van der Waals surface area contributed by atoms with Crippen LogP contribution in [-0.2, 0) is 5.41 Å². The van der Waals surface area contributed by atoms with Gasteiger partial charge < -0.3 is 5.73 Å². The number of nitrogen functional groups attached to an aromatic ring is 1. The summed E-state index contributed by atoms with van der Waals surface area (Å²) in [7, 11) is 0. The third kappa shape index (κ3) is 2.06. The molecule has 0 saturated heterocycles. The summed E-state index contributed by atoms with van der Waals surface area (Å²) in [6.45, 7) is 8.17. The van der Waals surface area contributed by atoms with E-state index < -0.39 is 0 Å². The van der Waals surface area contributed by atoms with Gasteiger partial charge in [0.05, 0.1) is 15.6 Å². The second-order valence-electron chi connectivity index (χ2n) is 4.07. The van der Waals surface area contributed by atoms with E-state index >= 15 is 0 Å². The molecule has 0 amide bonds. The number of thiazole rings is 1. The maximum atomic E-state index is 7.42. The van der Waals surface area contributed by atoms with Crippen LogP contribution in [0.25, 0.3) is 0 Å². The van der Waals surface area contributed by atoms with Crippen LogP contribution in [0.3, 0.4) is 0 Å². The van der Waals surface area contributed by atoms with Gasteiger partial charge in [0.1, 0.15) is 5.84 Å². The first kappa shape index (κ1) is 10.2. The van der Waals surface area contributed by atoms with E-state index in [1.807, 2.05) is 6.92 Å². The first-order chi connectivity index (χ1) is 5.82. The average molecular weight is 197 g/mol. The summed E-state index contributed by atoms with van der Waals surface area (Å²) in [5, 5.41) is 8.39. The SMILES string of the molecule is Cc1nc(C(C)(C)C)c(C(=N)N)s1. The van der Waals surface area contributed by atoms with E-state index in [1.165, 1.54) is 11.3 Å². The molecular weight excluding hydrogens is 182 g/mol. The Morgan fingerprint density at radius 3 is 2.31 bits per heavy atom. The Labute approximate surface area is 82.5 Å². The predicted molar refractivity (Wildman–Crippen MR) is 56.6 cm³/mol. The molecule has 0 spiro atoms. The molecule has 0 fully saturated rings. The highest BCUT2D eigenvalue weighted by Crippen LogP contribution is 2.28. The van der Waals surface area contributed by atoms with Crippen molar-refractivity contribution in [3.8, 4) is 0 Å². The molecule has 1 aromatic heterocycles. The van der Waals surface area contributed by atoms with Crippen molar-refractivity contribution in [3.05, 3.63) is 15.6 Å². The second kappa shape index (κ2) is 3.10. The zero-order chi connectivity index (χ0) is 10.2. The maximum absolute atomic E-state index is 7.42. The number of hydrogen-bond donors (Lipinski definition) is 2. The summed E-state index contributed by atoms with van der Waals surface area (Å²) in [6, 6.07) is 0. The van der Waals surface area contributed by atoms with E-state index in [2.05, 4.69) is 25.8 Å². The third-order valence-electron chi connectivity index (χ3n) is 1.69. The minimum Gasteiger partial charge on any atom is -0.383 e. The minimum absolute atomic E-state index is 0.0359. The van der Waals surface area contributed by atoms with Crippen molar-refractivity contribution < 1.29 is 0 Å². The monoisotopic (exact) mass is 197 g/mol. The fourth-order valence-corrected chi connectivity index (χ4v) is 2.11. The van der Waals surface area contributed by atoms with Crippen molar-refractivity contribution in [2.24, 2.45) is 5.73 Å². The quantitative estimate of drug-likeness (QED) is 0.534. The van der Waals surface area contributed by atoms with E-state index in [4.69, 9.17) is 11.1 Å². The predicted octanol–water partition coefficient (Wildman–Crippen LogP) is 2.03. The Hall–Kier alpha value is -0.900. The summed E-state index contributed by atoms with van der Waals surface area (Å²) in [5.74, 6) is 0.121. The van der Waals surface area contributed by atoms with Gasteiger partial charge in [-0.15, -0.1) is 11.3 Å². The van der Waals surface area contributed by atoms with Crippen molar-refractivity contribution in [1.29, 1.82) is 5.41 Å². The molecule has 4 heteroatoms. The van der Waals surface area contributed by atoms with Crippen LogP contribution in [0.1, 0.15) is 36.3 Å². The van der Waals surface area contributed by atoms with Crippen LogP contribution >= 0.6 is 11.3 Å². The van der Waals surface area contributed by atoms with Crippen molar-refractivity contribution >= 4 is 17.2 Å². The van der Waals surface area contributed by atoms with Crippen LogP contribution in [0, 0.1) is 12.3 Å². The highest BCUT2D eigenvalue weighted by Gasteiger charge is 2.23.